The molecule has 1 fully saturated rings. The van der Waals surface area contributed by atoms with E-state index in [1.165, 1.54) is 12.8 Å². The third-order valence-electron chi connectivity index (χ3n) is 4.35. The molecule has 0 aromatic carbocycles. The van der Waals surface area contributed by atoms with E-state index < -0.39 is 5.60 Å². The van der Waals surface area contributed by atoms with E-state index in [0.29, 0.717) is 30.1 Å². The molecule has 1 aliphatic carbocycles. The normalized spacial score (nSPS) is 18.4. The van der Waals surface area contributed by atoms with Gasteiger partial charge in [-0.3, -0.25) is 4.79 Å². The topological polar surface area (TPSA) is 75.2 Å². The predicted molar refractivity (Wildman–Crippen MR) is 81.4 cm³/mol. The Morgan fingerprint density at radius 3 is 2.48 bits per heavy atom. The first-order chi connectivity index (χ1) is 10.1. The van der Waals surface area contributed by atoms with Crippen LogP contribution in [0.4, 0.5) is 0 Å². The molecule has 5 heteroatoms. The molecule has 2 N–H and O–H groups in total. The average molecular weight is 294 g/mol. The van der Waals surface area contributed by atoms with Crippen LogP contribution in [0.1, 0.15) is 62.5 Å². The standard InChI is InChI=1S/C16H26N2O3/c1-3-21-16(9-6-4-5-7-10-16)15-17-12(2)13(8-11-19)14(20)18-15/h19H,3-11H2,1-2H3,(H,17,18,20). The maximum absolute atomic E-state index is 12.3. The molecule has 21 heavy (non-hydrogen) atoms. The van der Waals surface area contributed by atoms with E-state index in [1.54, 1.807) is 0 Å². The molecule has 0 atom stereocenters. The molecule has 0 unspecified atom stereocenters. The maximum Gasteiger partial charge on any atom is 0.254 e. The van der Waals surface area contributed by atoms with Crippen LogP contribution in [0.15, 0.2) is 4.79 Å². The summed E-state index contributed by atoms with van der Waals surface area (Å²) in [5.41, 5.74) is 0.676. The summed E-state index contributed by atoms with van der Waals surface area (Å²) in [6, 6.07) is 0. The van der Waals surface area contributed by atoms with Crippen LogP contribution >= 0.6 is 0 Å². The minimum Gasteiger partial charge on any atom is -0.396 e. The second kappa shape index (κ2) is 7.18. The fourth-order valence-corrected chi connectivity index (χ4v) is 3.26. The van der Waals surface area contributed by atoms with Crippen molar-refractivity contribution < 1.29 is 9.84 Å². The number of hydrogen-bond acceptors (Lipinski definition) is 4. The number of rotatable bonds is 5. The van der Waals surface area contributed by atoms with E-state index in [0.717, 1.165) is 25.7 Å². The highest BCUT2D eigenvalue weighted by Crippen LogP contribution is 2.37. The van der Waals surface area contributed by atoms with Crippen LogP contribution in [0.3, 0.4) is 0 Å². The number of nitrogens with one attached hydrogen (secondary N) is 1. The van der Waals surface area contributed by atoms with Crippen LogP contribution in [-0.4, -0.2) is 28.3 Å². The molecule has 0 aliphatic heterocycles. The molecule has 5 nitrogen and oxygen atoms in total. The Hall–Kier alpha value is -1.20. The van der Waals surface area contributed by atoms with Crippen molar-refractivity contribution in [2.45, 2.75) is 64.4 Å². The van der Waals surface area contributed by atoms with E-state index in [9.17, 15) is 4.79 Å². The zero-order valence-corrected chi connectivity index (χ0v) is 13.1. The lowest BCUT2D eigenvalue weighted by Crippen LogP contribution is -2.35. The first kappa shape index (κ1) is 16.2. The third-order valence-corrected chi connectivity index (χ3v) is 4.35. The molecule has 0 bridgehead atoms. The van der Waals surface area contributed by atoms with Gasteiger partial charge in [-0.05, 0) is 26.7 Å². The van der Waals surface area contributed by atoms with Crippen molar-refractivity contribution in [3.8, 4) is 0 Å². The summed E-state index contributed by atoms with van der Waals surface area (Å²) in [5.74, 6) is 0.662. The number of aromatic amines is 1. The molecular formula is C16H26N2O3. The molecule has 1 heterocycles. The van der Waals surface area contributed by atoms with Gasteiger partial charge in [-0.1, -0.05) is 25.7 Å². The van der Waals surface area contributed by atoms with Gasteiger partial charge in [0, 0.05) is 30.9 Å². The highest BCUT2D eigenvalue weighted by Gasteiger charge is 2.36. The number of aliphatic hydroxyl groups excluding tert-OH is 1. The molecule has 2 rings (SSSR count). The molecule has 0 saturated heterocycles. The van der Waals surface area contributed by atoms with Crippen molar-refractivity contribution >= 4 is 0 Å². The van der Waals surface area contributed by atoms with Crippen molar-refractivity contribution in [1.29, 1.82) is 0 Å². The van der Waals surface area contributed by atoms with Gasteiger partial charge in [0.05, 0.1) is 0 Å². The number of hydrogen-bond donors (Lipinski definition) is 2. The van der Waals surface area contributed by atoms with Gasteiger partial charge in [0.15, 0.2) is 0 Å². The van der Waals surface area contributed by atoms with Gasteiger partial charge in [0.25, 0.3) is 5.56 Å². The van der Waals surface area contributed by atoms with Crippen molar-refractivity contribution in [2.75, 3.05) is 13.2 Å². The molecule has 1 aromatic heterocycles. The van der Waals surface area contributed by atoms with Crippen molar-refractivity contribution in [3.63, 3.8) is 0 Å². The zero-order chi connectivity index (χ0) is 15.3. The van der Waals surface area contributed by atoms with Crippen LogP contribution in [0.5, 0.6) is 0 Å². The Bertz CT molecular complexity index is 517. The van der Waals surface area contributed by atoms with Crippen LogP contribution < -0.4 is 5.56 Å². The Kier molecular flexibility index (Phi) is 5.53. The molecule has 118 valence electrons. The summed E-state index contributed by atoms with van der Waals surface area (Å²) in [6.45, 7) is 4.39. The van der Waals surface area contributed by atoms with E-state index >= 15 is 0 Å². The quantitative estimate of drug-likeness (QED) is 0.816. The third kappa shape index (κ3) is 3.52. The van der Waals surface area contributed by atoms with Crippen LogP contribution in [0, 0.1) is 6.92 Å². The SMILES string of the molecule is CCOC1(c2nc(C)c(CCO)c(=O)[nH]2)CCCCCC1. The Balaban J connectivity index is 2.43. The Morgan fingerprint density at radius 1 is 1.29 bits per heavy atom. The van der Waals surface area contributed by atoms with Gasteiger partial charge in [0.2, 0.25) is 0 Å². The second-order valence-corrected chi connectivity index (χ2v) is 5.79. The minimum atomic E-state index is -0.451. The smallest absolute Gasteiger partial charge is 0.254 e. The number of H-pyrrole nitrogens is 1. The fraction of sp³-hybridized carbons (Fsp3) is 0.750. The van der Waals surface area contributed by atoms with Crippen molar-refractivity contribution in [3.05, 3.63) is 27.4 Å². The highest BCUT2D eigenvalue weighted by atomic mass is 16.5. The lowest BCUT2D eigenvalue weighted by molar-refractivity contribution is -0.0627. The van der Waals surface area contributed by atoms with Crippen molar-refractivity contribution in [2.24, 2.45) is 0 Å². The lowest BCUT2D eigenvalue weighted by atomic mass is 9.92. The van der Waals surface area contributed by atoms with E-state index in [2.05, 4.69) is 9.97 Å². The first-order valence-electron chi connectivity index (χ1n) is 7.98. The number of aryl methyl sites for hydroxylation is 1. The van der Waals surface area contributed by atoms with E-state index in [-0.39, 0.29) is 12.2 Å². The molecule has 0 amide bonds. The van der Waals surface area contributed by atoms with Gasteiger partial charge in [-0.25, -0.2) is 4.98 Å². The van der Waals surface area contributed by atoms with Gasteiger partial charge in [0.1, 0.15) is 11.4 Å². The summed E-state index contributed by atoms with van der Waals surface area (Å²) in [5, 5.41) is 9.05. The average Bonchev–Trinajstić information content (AvgIpc) is 2.69. The predicted octanol–water partition coefficient (Wildman–Crippen LogP) is 2.20. The lowest BCUT2D eigenvalue weighted by Gasteiger charge is -2.32. The molecule has 1 aromatic rings. The highest BCUT2D eigenvalue weighted by molar-refractivity contribution is 5.19. The van der Waals surface area contributed by atoms with Gasteiger partial charge in [-0.15, -0.1) is 0 Å². The monoisotopic (exact) mass is 294 g/mol. The van der Waals surface area contributed by atoms with Gasteiger partial charge >= 0.3 is 0 Å². The van der Waals surface area contributed by atoms with E-state index in [4.69, 9.17) is 9.84 Å². The van der Waals surface area contributed by atoms with Crippen LogP contribution in [-0.2, 0) is 16.8 Å². The summed E-state index contributed by atoms with van der Waals surface area (Å²) in [4.78, 5) is 19.8. The summed E-state index contributed by atoms with van der Waals surface area (Å²) < 4.78 is 6.06. The number of ether oxygens (including phenoxy) is 1. The zero-order valence-electron chi connectivity index (χ0n) is 13.1. The van der Waals surface area contributed by atoms with Gasteiger partial charge in [-0.2, -0.15) is 0 Å². The molecule has 1 aliphatic rings. The van der Waals surface area contributed by atoms with E-state index in [1.807, 2.05) is 13.8 Å². The second-order valence-electron chi connectivity index (χ2n) is 5.79. The molecule has 1 saturated carbocycles. The fourth-order valence-electron chi connectivity index (χ4n) is 3.26. The number of aromatic nitrogens is 2. The molecular weight excluding hydrogens is 268 g/mol. The Labute approximate surface area is 125 Å². The van der Waals surface area contributed by atoms with Crippen LogP contribution in [0.2, 0.25) is 0 Å². The first-order valence-corrected chi connectivity index (χ1v) is 7.98. The largest absolute Gasteiger partial charge is 0.396 e. The maximum atomic E-state index is 12.3. The van der Waals surface area contributed by atoms with Crippen molar-refractivity contribution in [1.82, 2.24) is 9.97 Å². The molecule has 0 radical (unpaired) electrons. The van der Waals surface area contributed by atoms with Crippen LogP contribution in [0.25, 0.3) is 0 Å². The minimum absolute atomic E-state index is 0.0401. The summed E-state index contributed by atoms with van der Waals surface area (Å²) in [6.07, 6.45) is 6.77. The number of nitrogens with zero attached hydrogens (tertiary/aromatic N) is 1. The van der Waals surface area contributed by atoms with Gasteiger partial charge < -0.3 is 14.8 Å². The summed E-state index contributed by atoms with van der Waals surface area (Å²) >= 11 is 0. The Morgan fingerprint density at radius 2 is 1.95 bits per heavy atom. The number of aliphatic hydroxyl groups is 1. The summed E-state index contributed by atoms with van der Waals surface area (Å²) in [7, 11) is 0. The molecule has 0 spiro atoms.